The number of hydrogen-bond acceptors (Lipinski definition) is 3. The Morgan fingerprint density at radius 3 is 2.30 bits per heavy atom. The van der Waals surface area contributed by atoms with Crippen molar-refractivity contribution in [1.82, 2.24) is 9.88 Å². The van der Waals surface area contributed by atoms with Gasteiger partial charge >= 0.3 is 12.1 Å². The van der Waals surface area contributed by atoms with Crippen LogP contribution in [0, 0.1) is 18.8 Å². The lowest BCUT2D eigenvalue weighted by Crippen LogP contribution is -2.34. The number of pyridine rings is 1. The fraction of sp³-hybridized carbons (Fsp3) is 0.316. The molecule has 1 fully saturated rings. The molecule has 8 heteroatoms. The van der Waals surface area contributed by atoms with Gasteiger partial charge in [0.05, 0.1) is 28.8 Å². The minimum Gasteiger partial charge on any atom is -0.481 e. The predicted octanol–water partition coefficient (Wildman–Crippen LogP) is 3.39. The van der Waals surface area contributed by atoms with E-state index in [1.54, 1.807) is 13.0 Å². The van der Waals surface area contributed by atoms with Crippen molar-refractivity contribution in [3.8, 4) is 11.3 Å². The molecule has 1 aromatic carbocycles. The first-order chi connectivity index (χ1) is 12.7. The molecule has 0 spiro atoms. The minimum absolute atomic E-state index is 0.168. The van der Waals surface area contributed by atoms with Crippen LogP contribution >= 0.6 is 0 Å². The quantitative estimate of drug-likeness (QED) is 0.889. The zero-order valence-electron chi connectivity index (χ0n) is 14.4. The van der Waals surface area contributed by atoms with Crippen LogP contribution in [0.5, 0.6) is 0 Å². The van der Waals surface area contributed by atoms with Crippen molar-refractivity contribution >= 4 is 11.9 Å². The van der Waals surface area contributed by atoms with Crippen LogP contribution in [0.4, 0.5) is 13.2 Å². The first kappa shape index (κ1) is 18.9. The number of aryl methyl sites for hydroxylation is 1. The summed E-state index contributed by atoms with van der Waals surface area (Å²) in [5.74, 6) is -5.93. The highest BCUT2D eigenvalue weighted by atomic mass is 19.4. The first-order valence-corrected chi connectivity index (χ1v) is 8.30. The Balaban J connectivity index is 1.85. The van der Waals surface area contributed by atoms with Gasteiger partial charge in [0.15, 0.2) is 0 Å². The third-order valence-electron chi connectivity index (χ3n) is 4.73. The number of halogens is 3. The van der Waals surface area contributed by atoms with Crippen molar-refractivity contribution < 1.29 is 27.9 Å². The second kappa shape index (κ2) is 7.02. The Bertz CT molecular complexity index is 868. The van der Waals surface area contributed by atoms with Crippen molar-refractivity contribution in [1.29, 1.82) is 0 Å². The summed E-state index contributed by atoms with van der Waals surface area (Å²) in [5.41, 5.74) is 2.04. The summed E-state index contributed by atoms with van der Waals surface area (Å²) >= 11 is 0. The summed E-state index contributed by atoms with van der Waals surface area (Å²) in [4.78, 5) is 29.2. The predicted molar refractivity (Wildman–Crippen MR) is 91.0 cm³/mol. The number of carbonyl (C=O) groups excluding carboxylic acids is 1. The summed E-state index contributed by atoms with van der Waals surface area (Å²) < 4.78 is 39.3. The molecule has 1 amide bonds. The summed E-state index contributed by atoms with van der Waals surface area (Å²) in [6, 6.07) is 12.4. The van der Waals surface area contributed by atoms with Gasteiger partial charge in [-0.15, -0.1) is 0 Å². The lowest BCUT2D eigenvalue weighted by molar-refractivity contribution is -0.187. The van der Waals surface area contributed by atoms with Gasteiger partial charge in [0.25, 0.3) is 5.91 Å². The van der Waals surface area contributed by atoms with Crippen LogP contribution in [-0.2, 0) is 4.79 Å². The number of benzene rings is 1. The van der Waals surface area contributed by atoms with Crippen molar-refractivity contribution in [2.24, 2.45) is 11.8 Å². The number of hydrogen-bond donors (Lipinski definition) is 1. The molecule has 1 aliphatic rings. The van der Waals surface area contributed by atoms with Crippen molar-refractivity contribution in [2.75, 3.05) is 13.1 Å². The zero-order chi connectivity index (χ0) is 19.8. The van der Waals surface area contributed by atoms with E-state index in [9.17, 15) is 22.8 Å². The number of likely N-dealkylation sites (tertiary alicyclic amines) is 1. The number of aliphatic carboxylic acids is 1. The van der Waals surface area contributed by atoms with Gasteiger partial charge in [0, 0.05) is 18.7 Å². The van der Waals surface area contributed by atoms with Crippen molar-refractivity contribution in [2.45, 2.75) is 13.1 Å². The highest BCUT2D eigenvalue weighted by Gasteiger charge is 2.53. The van der Waals surface area contributed by atoms with Crippen LogP contribution in [0.3, 0.4) is 0 Å². The van der Waals surface area contributed by atoms with Gasteiger partial charge in [-0.2, -0.15) is 13.2 Å². The topological polar surface area (TPSA) is 70.5 Å². The van der Waals surface area contributed by atoms with Gasteiger partial charge in [0.2, 0.25) is 0 Å². The molecule has 3 rings (SSSR count). The lowest BCUT2D eigenvalue weighted by Gasteiger charge is -2.19. The van der Waals surface area contributed by atoms with E-state index in [-0.39, 0.29) is 5.56 Å². The Hall–Kier alpha value is -2.90. The van der Waals surface area contributed by atoms with Crippen molar-refractivity contribution in [3.63, 3.8) is 0 Å². The molecule has 142 valence electrons. The molecule has 1 saturated heterocycles. The summed E-state index contributed by atoms with van der Waals surface area (Å²) in [5, 5.41) is 9.08. The van der Waals surface area contributed by atoms with E-state index in [1.165, 1.54) is 6.07 Å². The van der Waals surface area contributed by atoms with Gasteiger partial charge in [-0.25, -0.2) is 0 Å². The Morgan fingerprint density at radius 2 is 1.78 bits per heavy atom. The SMILES string of the molecule is Cc1nc(-c2ccccc2)ccc1C(=O)N1C[C@@H](C(F)(F)F)[C@H](C(=O)O)C1. The molecular formula is C19H17F3N2O3. The van der Waals surface area contributed by atoms with Gasteiger partial charge < -0.3 is 10.0 Å². The molecular weight excluding hydrogens is 361 g/mol. The van der Waals surface area contributed by atoms with Gasteiger partial charge in [-0.1, -0.05) is 30.3 Å². The highest BCUT2D eigenvalue weighted by molar-refractivity contribution is 5.96. The molecule has 0 unspecified atom stereocenters. The number of carbonyl (C=O) groups is 2. The molecule has 0 radical (unpaired) electrons. The number of amides is 1. The van der Waals surface area contributed by atoms with Crippen LogP contribution in [-0.4, -0.2) is 46.1 Å². The first-order valence-electron chi connectivity index (χ1n) is 8.30. The number of aromatic nitrogens is 1. The number of alkyl halides is 3. The van der Waals surface area contributed by atoms with E-state index < -0.39 is 43.0 Å². The molecule has 0 bridgehead atoms. The molecule has 0 saturated carbocycles. The Morgan fingerprint density at radius 1 is 1.11 bits per heavy atom. The van der Waals surface area contributed by atoms with Gasteiger partial charge in [-0.3, -0.25) is 14.6 Å². The normalized spacial score (nSPS) is 19.9. The maximum atomic E-state index is 13.1. The van der Waals surface area contributed by atoms with E-state index in [0.29, 0.717) is 11.4 Å². The molecule has 1 aromatic heterocycles. The largest absolute Gasteiger partial charge is 0.481 e. The molecule has 1 N–H and O–H groups in total. The van der Waals surface area contributed by atoms with E-state index in [4.69, 9.17) is 5.11 Å². The number of carboxylic acids is 1. The van der Waals surface area contributed by atoms with Crippen LogP contribution < -0.4 is 0 Å². The van der Waals surface area contributed by atoms with Gasteiger partial charge in [-0.05, 0) is 19.1 Å². The van der Waals surface area contributed by atoms with Crippen LogP contribution in [0.15, 0.2) is 42.5 Å². The Labute approximate surface area is 153 Å². The zero-order valence-corrected chi connectivity index (χ0v) is 14.4. The molecule has 1 aliphatic heterocycles. The average Bonchev–Trinajstić information content (AvgIpc) is 3.08. The van der Waals surface area contributed by atoms with E-state index in [0.717, 1.165) is 10.5 Å². The number of carboxylic acid groups (broad SMARTS) is 1. The highest BCUT2D eigenvalue weighted by Crippen LogP contribution is 2.38. The third-order valence-corrected chi connectivity index (χ3v) is 4.73. The van der Waals surface area contributed by atoms with E-state index in [1.807, 2.05) is 30.3 Å². The molecule has 5 nitrogen and oxygen atoms in total. The lowest BCUT2D eigenvalue weighted by atomic mass is 9.96. The molecule has 2 aromatic rings. The van der Waals surface area contributed by atoms with Crippen LogP contribution in [0.1, 0.15) is 16.1 Å². The molecule has 0 aliphatic carbocycles. The number of rotatable bonds is 3. The van der Waals surface area contributed by atoms with Crippen LogP contribution in [0.25, 0.3) is 11.3 Å². The Kier molecular flexibility index (Phi) is 4.91. The minimum atomic E-state index is -4.68. The maximum Gasteiger partial charge on any atom is 0.394 e. The molecule has 2 heterocycles. The fourth-order valence-electron chi connectivity index (χ4n) is 3.28. The summed E-state index contributed by atoms with van der Waals surface area (Å²) in [6.07, 6.45) is -4.68. The van der Waals surface area contributed by atoms with Crippen LogP contribution in [0.2, 0.25) is 0 Å². The monoisotopic (exact) mass is 378 g/mol. The second-order valence-electron chi connectivity index (χ2n) is 6.50. The van der Waals surface area contributed by atoms with Crippen molar-refractivity contribution in [3.05, 3.63) is 53.7 Å². The second-order valence-corrected chi connectivity index (χ2v) is 6.50. The standard InChI is InChI=1S/C19H17F3N2O3/c1-11-13(7-8-16(23-11)12-5-3-2-4-6-12)17(25)24-9-14(18(26)27)15(10-24)19(20,21)22/h2-8,14-15H,9-10H2,1H3,(H,26,27)/t14-,15-/m1/s1. The third kappa shape index (κ3) is 3.79. The van der Waals surface area contributed by atoms with E-state index in [2.05, 4.69) is 4.98 Å². The maximum absolute atomic E-state index is 13.1. The summed E-state index contributed by atoms with van der Waals surface area (Å²) in [7, 11) is 0. The smallest absolute Gasteiger partial charge is 0.394 e. The summed E-state index contributed by atoms with van der Waals surface area (Å²) in [6.45, 7) is 0.461. The molecule has 27 heavy (non-hydrogen) atoms. The number of nitrogens with zero attached hydrogens (tertiary/aromatic N) is 2. The fourth-order valence-corrected chi connectivity index (χ4v) is 3.28. The molecule has 2 atom stereocenters. The van der Waals surface area contributed by atoms with Gasteiger partial charge in [0.1, 0.15) is 0 Å². The van der Waals surface area contributed by atoms with E-state index >= 15 is 0 Å². The average molecular weight is 378 g/mol.